The number of rotatable bonds is 39. The molecule has 12 heteroatoms. The van der Waals surface area contributed by atoms with E-state index in [-0.39, 0.29) is 19.4 Å². The molecule has 0 rings (SSSR count). The Morgan fingerprint density at radius 2 is 0.962 bits per heavy atom. The second-order valence-corrected chi connectivity index (χ2v) is 15.6. The Hall–Kier alpha value is -1.78. The Balaban J connectivity index is 4.35. The van der Waals surface area contributed by atoms with Crippen LogP contribution in [-0.2, 0) is 37.5 Å². The standard InChI is InChI=1S/C40H76NO10P/c1-3-5-7-9-11-13-15-17-18-19-20-22-23-25-27-29-31-38(42)48-33-36(34-49-52(46,47)50-35-37(41)40(44)45)51-39(43)32-30-28-26-24-21-16-14-12-10-8-6-4-2/h12,14,36-37H,3-11,13,15-35,41H2,1-2H3,(H,44,45)(H,46,47)/b14-12+/t36-,37+/m0/s1. The monoisotopic (exact) mass is 762 g/mol. The Labute approximate surface area is 316 Å². The van der Waals surface area contributed by atoms with Crippen LogP contribution in [0.2, 0.25) is 0 Å². The van der Waals surface area contributed by atoms with Crippen molar-refractivity contribution in [1.29, 1.82) is 0 Å². The third-order valence-corrected chi connectivity index (χ3v) is 9.96. The fourth-order valence-electron chi connectivity index (χ4n) is 5.71. The van der Waals surface area contributed by atoms with Crippen molar-refractivity contribution >= 4 is 25.7 Å². The van der Waals surface area contributed by atoms with Gasteiger partial charge in [0.1, 0.15) is 12.6 Å². The van der Waals surface area contributed by atoms with Crippen molar-refractivity contribution in [2.24, 2.45) is 5.73 Å². The summed E-state index contributed by atoms with van der Waals surface area (Å²) in [6.07, 6.45) is 34.2. The van der Waals surface area contributed by atoms with Crippen LogP contribution in [0.5, 0.6) is 0 Å². The molecule has 0 aliphatic heterocycles. The van der Waals surface area contributed by atoms with Gasteiger partial charge in [0.25, 0.3) is 0 Å². The van der Waals surface area contributed by atoms with Crippen LogP contribution in [0.3, 0.4) is 0 Å². The fourth-order valence-corrected chi connectivity index (χ4v) is 6.48. The minimum Gasteiger partial charge on any atom is -0.480 e. The predicted octanol–water partition coefficient (Wildman–Crippen LogP) is 10.5. The van der Waals surface area contributed by atoms with E-state index < -0.39 is 51.1 Å². The van der Waals surface area contributed by atoms with Gasteiger partial charge in [-0.3, -0.25) is 23.4 Å². The third-order valence-electron chi connectivity index (χ3n) is 9.01. The van der Waals surface area contributed by atoms with Crippen molar-refractivity contribution in [2.75, 3.05) is 19.8 Å². The molecule has 0 saturated carbocycles. The summed E-state index contributed by atoms with van der Waals surface area (Å²) in [5.41, 5.74) is 5.32. The van der Waals surface area contributed by atoms with Crippen LogP contribution >= 0.6 is 7.82 Å². The SMILES string of the molecule is CCCCC/C=C/CCCCCCCC(=O)O[C@@H](COC(=O)CCCCCCCCCCCCCCCCCC)COP(=O)(O)OC[C@@H](N)C(=O)O. The molecule has 4 N–H and O–H groups in total. The number of hydrogen-bond acceptors (Lipinski definition) is 9. The lowest BCUT2D eigenvalue weighted by atomic mass is 10.0. The lowest BCUT2D eigenvalue weighted by molar-refractivity contribution is -0.161. The van der Waals surface area contributed by atoms with Crippen LogP contribution in [-0.4, -0.2) is 59.9 Å². The number of ether oxygens (including phenoxy) is 2. The fraction of sp³-hybridized carbons (Fsp3) is 0.875. The molecule has 0 aromatic heterocycles. The highest BCUT2D eigenvalue weighted by atomic mass is 31.2. The second kappa shape index (κ2) is 36.2. The highest BCUT2D eigenvalue weighted by Gasteiger charge is 2.28. The number of carboxylic acids is 1. The van der Waals surface area contributed by atoms with E-state index in [1.165, 1.54) is 96.3 Å². The lowest BCUT2D eigenvalue weighted by Gasteiger charge is -2.20. The number of carboxylic acid groups (broad SMARTS) is 1. The number of esters is 2. The largest absolute Gasteiger partial charge is 0.480 e. The number of carbonyl (C=O) groups excluding carboxylic acids is 2. The molecule has 11 nitrogen and oxygen atoms in total. The molecule has 0 saturated heterocycles. The van der Waals surface area contributed by atoms with Gasteiger partial charge in [-0.2, -0.15) is 0 Å². The number of hydrogen-bond donors (Lipinski definition) is 3. The van der Waals surface area contributed by atoms with E-state index in [1.807, 2.05) is 0 Å². The maximum absolute atomic E-state index is 12.6. The summed E-state index contributed by atoms with van der Waals surface area (Å²) in [7, 11) is -4.71. The highest BCUT2D eigenvalue weighted by molar-refractivity contribution is 7.47. The van der Waals surface area contributed by atoms with E-state index in [2.05, 4.69) is 30.5 Å². The van der Waals surface area contributed by atoms with Gasteiger partial charge >= 0.3 is 25.7 Å². The van der Waals surface area contributed by atoms with Gasteiger partial charge in [-0.25, -0.2) is 4.57 Å². The van der Waals surface area contributed by atoms with Gasteiger partial charge in [-0.15, -0.1) is 0 Å². The first-order valence-corrected chi connectivity index (χ1v) is 22.2. The number of nitrogens with two attached hydrogens (primary N) is 1. The summed E-state index contributed by atoms with van der Waals surface area (Å²) < 4.78 is 32.6. The second-order valence-electron chi connectivity index (χ2n) is 14.1. The van der Waals surface area contributed by atoms with Crippen LogP contribution in [0.25, 0.3) is 0 Å². The number of phosphoric acid groups is 1. The van der Waals surface area contributed by atoms with Gasteiger partial charge in [-0.05, 0) is 38.5 Å². The molecule has 0 spiro atoms. The lowest BCUT2D eigenvalue weighted by Crippen LogP contribution is -2.34. The van der Waals surface area contributed by atoms with Crippen LogP contribution in [0.15, 0.2) is 12.2 Å². The third kappa shape index (κ3) is 35.3. The van der Waals surface area contributed by atoms with Gasteiger partial charge in [-0.1, -0.05) is 154 Å². The van der Waals surface area contributed by atoms with E-state index in [0.29, 0.717) is 12.8 Å². The predicted molar refractivity (Wildman–Crippen MR) is 208 cm³/mol. The molecule has 1 unspecified atom stereocenters. The van der Waals surface area contributed by atoms with E-state index in [4.69, 9.17) is 24.8 Å². The number of aliphatic carboxylic acids is 1. The molecule has 306 valence electrons. The number of unbranched alkanes of at least 4 members (excludes halogenated alkanes) is 23. The summed E-state index contributed by atoms with van der Waals surface area (Å²) in [5, 5.41) is 8.87. The molecular formula is C40H76NO10P. The van der Waals surface area contributed by atoms with Crippen molar-refractivity contribution in [1.82, 2.24) is 0 Å². The first-order chi connectivity index (χ1) is 25.1. The van der Waals surface area contributed by atoms with Crippen LogP contribution in [0.4, 0.5) is 0 Å². The van der Waals surface area contributed by atoms with Gasteiger partial charge in [0.2, 0.25) is 0 Å². The van der Waals surface area contributed by atoms with Gasteiger partial charge < -0.3 is 25.2 Å². The molecular weight excluding hydrogens is 685 g/mol. The van der Waals surface area contributed by atoms with Gasteiger partial charge in [0.05, 0.1) is 13.2 Å². The highest BCUT2D eigenvalue weighted by Crippen LogP contribution is 2.43. The van der Waals surface area contributed by atoms with Crippen LogP contribution < -0.4 is 5.73 Å². The molecule has 0 bridgehead atoms. The Morgan fingerprint density at radius 3 is 1.44 bits per heavy atom. The normalized spacial score (nSPS) is 13.9. The molecule has 0 aromatic carbocycles. The Kier molecular flexibility index (Phi) is 35.0. The van der Waals surface area contributed by atoms with Gasteiger partial charge in [0.15, 0.2) is 6.10 Å². The summed E-state index contributed by atoms with van der Waals surface area (Å²) in [5.74, 6) is -2.38. The van der Waals surface area contributed by atoms with Crippen LogP contribution in [0, 0.1) is 0 Å². The Morgan fingerprint density at radius 1 is 0.577 bits per heavy atom. The van der Waals surface area contributed by atoms with Crippen molar-refractivity contribution in [2.45, 2.75) is 206 Å². The summed E-state index contributed by atoms with van der Waals surface area (Å²) in [6.45, 7) is 2.78. The van der Waals surface area contributed by atoms with Crippen molar-refractivity contribution in [3.63, 3.8) is 0 Å². The molecule has 0 aliphatic rings. The van der Waals surface area contributed by atoms with E-state index in [9.17, 15) is 23.8 Å². The van der Waals surface area contributed by atoms with Crippen molar-refractivity contribution in [3.8, 4) is 0 Å². The first kappa shape index (κ1) is 50.2. The quantitative estimate of drug-likeness (QED) is 0.0235. The molecule has 0 aromatic rings. The average Bonchev–Trinajstić information content (AvgIpc) is 3.12. The smallest absolute Gasteiger partial charge is 0.472 e. The molecule has 3 atom stereocenters. The molecule has 0 fully saturated rings. The molecule has 0 amide bonds. The number of allylic oxidation sites excluding steroid dienone is 2. The molecule has 0 heterocycles. The zero-order valence-corrected chi connectivity index (χ0v) is 33.8. The topological polar surface area (TPSA) is 172 Å². The number of phosphoric ester groups is 1. The number of carbonyl (C=O) groups is 3. The molecule has 52 heavy (non-hydrogen) atoms. The summed E-state index contributed by atoms with van der Waals surface area (Å²) in [6, 6.07) is -1.52. The molecule has 0 radical (unpaired) electrons. The maximum Gasteiger partial charge on any atom is 0.472 e. The average molecular weight is 762 g/mol. The van der Waals surface area contributed by atoms with E-state index >= 15 is 0 Å². The first-order valence-electron chi connectivity index (χ1n) is 20.7. The molecule has 0 aliphatic carbocycles. The summed E-state index contributed by atoms with van der Waals surface area (Å²) >= 11 is 0. The zero-order valence-electron chi connectivity index (χ0n) is 32.9. The maximum atomic E-state index is 12.6. The van der Waals surface area contributed by atoms with Gasteiger partial charge in [0, 0.05) is 12.8 Å². The minimum absolute atomic E-state index is 0.154. The van der Waals surface area contributed by atoms with Crippen molar-refractivity contribution in [3.05, 3.63) is 12.2 Å². The minimum atomic E-state index is -4.71. The van der Waals surface area contributed by atoms with Crippen molar-refractivity contribution < 1.29 is 47.5 Å². The summed E-state index contributed by atoms with van der Waals surface area (Å²) in [4.78, 5) is 45.8. The van der Waals surface area contributed by atoms with E-state index in [0.717, 1.165) is 57.8 Å². The van der Waals surface area contributed by atoms with Crippen LogP contribution in [0.1, 0.15) is 194 Å². The van der Waals surface area contributed by atoms with E-state index in [1.54, 1.807) is 0 Å². The zero-order chi connectivity index (χ0) is 38.5. The Bertz CT molecular complexity index is 947.